The van der Waals surface area contributed by atoms with Crippen LogP contribution in [0.3, 0.4) is 0 Å². The first kappa shape index (κ1) is 16.0. The van der Waals surface area contributed by atoms with Crippen LogP contribution in [0.5, 0.6) is 0 Å². The highest BCUT2D eigenvalue weighted by molar-refractivity contribution is 6.42. The van der Waals surface area contributed by atoms with E-state index < -0.39 is 0 Å². The number of nitrogens with zero attached hydrogens (tertiary/aromatic N) is 1. The Morgan fingerprint density at radius 2 is 1.39 bits per heavy atom. The molecule has 0 saturated heterocycles. The Morgan fingerprint density at radius 3 is 2.00 bits per heavy atom. The van der Waals surface area contributed by atoms with Gasteiger partial charge in [-0.15, -0.1) is 0 Å². The van der Waals surface area contributed by atoms with Crippen LogP contribution in [0.1, 0.15) is 17.0 Å². The van der Waals surface area contributed by atoms with Crippen LogP contribution in [0.25, 0.3) is 11.1 Å². The topological polar surface area (TPSA) is 38.9 Å². The van der Waals surface area contributed by atoms with Crippen LogP contribution in [0, 0.1) is 0 Å². The summed E-state index contributed by atoms with van der Waals surface area (Å²) in [6.07, 6.45) is 3.59. The van der Waals surface area contributed by atoms with Gasteiger partial charge in [-0.05, 0) is 46.5 Å². The number of rotatable bonds is 4. The molecule has 0 aliphatic rings. The van der Waals surface area contributed by atoms with Crippen molar-refractivity contribution in [3.05, 3.63) is 88.2 Å². The van der Waals surface area contributed by atoms with Gasteiger partial charge in [0.15, 0.2) is 0 Å². The summed E-state index contributed by atoms with van der Waals surface area (Å²) >= 11 is 12.1. The number of benzene rings is 2. The number of halogens is 2. The smallest absolute Gasteiger partial charge is 0.0595 e. The van der Waals surface area contributed by atoms with Crippen LogP contribution in [0.2, 0.25) is 10.0 Å². The Labute approximate surface area is 145 Å². The fourth-order valence-electron chi connectivity index (χ4n) is 2.65. The quantitative estimate of drug-likeness (QED) is 0.712. The Kier molecular flexibility index (Phi) is 4.97. The summed E-state index contributed by atoms with van der Waals surface area (Å²) in [6.45, 7) is 0.507. The van der Waals surface area contributed by atoms with Gasteiger partial charge in [0, 0.05) is 24.9 Å². The Hall–Kier alpha value is -1.87. The van der Waals surface area contributed by atoms with Gasteiger partial charge < -0.3 is 5.73 Å². The second kappa shape index (κ2) is 7.14. The van der Waals surface area contributed by atoms with E-state index in [1.807, 2.05) is 30.3 Å². The van der Waals surface area contributed by atoms with Gasteiger partial charge in [-0.3, -0.25) is 4.98 Å². The summed E-state index contributed by atoms with van der Waals surface area (Å²) in [5.41, 5.74) is 10.5. The van der Waals surface area contributed by atoms with Gasteiger partial charge in [0.1, 0.15) is 0 Å². The first-order chi connectivity index (χ1) is 11.2. The van der Waals surface area contributed by atoms with Crippen LogP contribution in [-0.4, -0.2) is 11.5 Å². The summed E-state index contributed by atoms with van der Waals surface area (Å²) in [5, 5.41) is 1.11. The van der Waals surface area contributed by atoms with E-state index in [0.717, 1.165) is 22.3 Å². The van der Waals surface area contributed by atoms with Crippen LogP contribution in [0.4, 0.5) is 0 Å². The van der Waals surface area contributed by atoms with Crippen molar-refractivity contribution in [2.75, 3.05) is 6.54 Å². The lowest BCUT2D eigenvalue weighted by Crippen LogP contribution is -2.13. The lowest BCUT2D eigenvalue weighted by atomic mass is 9.90. The molecule has 0 amide bonds. The molecule has 1 aromatic heterocycles. The monoisotopic (exact) mass is 342 g/mol. The average molecular weight is 343 g/mol. The summed E-state index contributed by atoms with van der Waals surface area (Å²) in [6, 6.07) is 18.1. The van der Waals surface area contributed by atoms with E-state index in [-0.39, 0.29) is 5.92 Å². The van der Waals surface area contributed by atoms with E-state index in [2.05, 4.69) is 29.2 Å². The van der Waals surface area contributed by atoms with Crippen molar-refractivity contribution in [2.45, 2.75) is 5.92 Å². The third-order valence-corrected chi connectivity index (χ3v) is 4.65. The standard InChI is InChI=1S/C19H16Cl2N2/c20-18-6-5-16(11-19(18)21)17(12-22)15-3-1-13(2-4-15)14-7-9-23-10-8-14/h1-11,17H,12,22H2. The molecule has 2 N–H and O–H groups in total. The molecule has 1 atom stereocenters. The van der Waals surface area contributed by atoms with Gasteiger partial charge in [-0.2, -0.15) is 0 Å². The molecule has 3 rings (SSSR count). The molecule has 116 valence electrons. The molecule has 1 unspecified atom stereocenters. The van der Waals surface area contributed by atoms with Crippen molar-refractivity contribution in [1.29, 1.82) is 0 Å². The summed E-state index contributed by atoms with van der Waals surface area (Å²) in [4.78, 5) is 4.05. The number of hydrogen-bond donors (Lipinski definition) is 1. The minimum atomic E-state index is 0.0938. The Bertz CT molecular complexity index is 786. The molecule has 2 nitrogen and oxygen atoms in total. The first-order valence-electron chi connectivity index (χ1n) is 7.34. The molecule has 0 aliphatic heterocycles. The van der Waals surface area contributed by atoms with Crippen molar-refractivity contribution in [3.63, 3.8) is 0 Å². The second-order valence-corrected chi connectivity index (χ2v) is 6.13. The lowest BCUT2D eigenvalue weighted by Gasteiger charge is -2.17. The van der Waals surface area contributed by atoms with Crippen molar-refractivity contribution in [3.8, 4) is 11.1 Å². The minimum Gasteiger partial charge on any atom is -0.330 e. The van der Waals surface area contributed by atoms with Crippen molar-refractivity contribution in [1.82, 2.24) is 4.98 Å². The van der Waals surface area contributed by atoms with Crippen LogP contribution < -0.4 is 5.73 Å². The highest BCUT2D eigenvalue weighted by atomic mass is 35.5. The predicted molar refractivity (Wildman–Crippen MR) is 97.0 cm³/mol. The van der Waals surface area contributed by atoms with Crippen molar-refractivity contribution >= 4 is 23.2 Å². The molecule has 0 radical (unpaired) electrons. The highest BCUT2D eigenvalue weighted by Crippen LogP contribution is 2.30. The third-order valence-electron chi connectivity index (χ3n) is 3.91. The molecule has 0 bridgehead atoms. The molecule has 1 heterocycles. The van der Waals surface area contributed by atoms with Gasteiger partial charge in [-0.25, -0.2) is 0 Å². The number of aromatic nitrogens is 1. The van der Waals surface area contributed by atoms with Gasteiger partial charge in [0.2, 0.25) is 0 Å². The van der Waals surface area contributed by atoms with E-state index in [4.69, 9.17) is 28.9 Å². The highest BCUT2D eigenvalue weighted by Gasteiger charge is 2.14. The molecule has 0 fully saturated rings. The minimum absolute atomic E-state index is 0.0938. The SMILES string of the molecule is NCC(c1ccc(-c2ccncc2)cc1)c1ccc(Cl)c(Cl)c1. The fraction of sp³-hybridized carbons (Fsp3) is 0.105. The maximum atomic E-state index is 6.13. The molecule has 3 aromatic rings. The van der Waals surface area contributed by atoms with E-state index in [9.17, 15) is 0 Å². The molecule has 0 aliphatic carbocycles. The van der Waals surface area contributed by atoms with Crippen LogP contribution in [0.15, 0.2) is 67.0 Å². The van der Waals surface area contributed by atoms with E-state index >= 15 is 0 Å². The molecule has 4 heteroatoms. The first-order valence-corrected chi connectivity index (χ1v) is 8.10. The molecule has 23 heavy (non-hydrogen) atoms. The van der Waals surface area contributed by atoms with Crippen LogP contribution in [-0.2, 0) is 0 Å². The molecular weight excluding hydrogens is 327 g/mol. The normalized spacial score (nSPS) is 12.1. The van der Waals surface area contributed by atoms with E-state index in [1.165, 1.54) is 0 Å². The number of hydrogen-bond acceptors (Lipinski definition) is 2. The zero-order valence-corrected chi connectivity index (χ0v) is 13.9. The van der Waals surface area contributed by atoms with Gasteiger partial charge in [0.25, 0.3) is 0 Å². The maximum absolute atomic E-state index is 6.13. The Morgan fingerprint density at radius 1 is 0.783 bits per heavy atom. The zero-order chi connectivity index (χ0) is 16.2. The summed E-state index contributed by atoms with van der Waals surface area (Å²) < 4.78 is 0. The van der Waals surface area contributed by atoms with Crippen molar-refractivity contribution in [2.24, 2.45) is 5.73 Å². The van der Waals surface area contributed by atoms with Gasteiger partial charge in [0.05, 0.1) is 10.0 Å². The molecule has 2 aromatic carbocycles. The van der Waals surface area contributed by atoms with E-state index in [1.54, 1.807) is 12.4 Å². The molecule has 0 saturated carbocycles. The van der Waals surface area contributed by atoms with Gasteiger partial charge >= 0.3 is 0 Å². The average Bonchev–Trinajstić information content (AvgIpc) is 2.60. The van der Waals surface area contributed by atoms with Crippen molar-refractivity contribution < 1.29 is 0 Å². The molecular formula is C19H16Cl2N2. The Balaban J connectivity index is 1.91. The zero-order valence-electron chi connectivity index (χ0n) is 12.4. The van der Waals surface area contributed by atoms with E-state index in [0.29, 0.717) is 16.6 Å². The molecule has 0 spiro atoms. The lowest BCUT2D eigenvalue weighted by molar-refractivity contribution is 0.819. The van der Waals surface area contributed by atoms with Crippen LogP contribution >= 0.6 is 23.2 Å². The third kappa shape index (κ3) is 3.56. The van der Waals surface area contributed by atoms with Gasteiger partial charge in [-0.1, -0.05) is 53.5 Å². The maximum Gasteiger partial charge on any atom is 0.0595 e. The predicted octanol–water partition coefficient (Wildman–Crippen LogP) is 5.15. The number of nitrogens with two attached hydrogens (primary N) is 1. The fourth-order valence-corrected chi connectivity index (χ4v) is 2.95. The summed E-state index contributed by atoms with van der Waals surface area (Å²) in [5.74, 6) is 0.0938. The summed E-state index contributed by atoms with van der Waals surface area (Å²) in [7, 11) is 0. The largest absolute Gasteiger partial charge is 0.330 e. The second-order valence-electron chi connectivity index (χ2n) is 5.32. The number of pyridine rings is 1.